The van der Waals surface area contributed by atoms with Crippen LogP contribution in [0, 0.1) is 17.1 Å². The van der Waals surface area contributed by atoms with Crippen molar-refractivity contribution in [2.75, 3.05) is 13.2 Å². The number of nitriles is 1. The first-order valence-electron chi connectivity index (χ1n) is 13.6. The zero-order valence-corrected chi connectivity index (χ0v) is 23.1. The minimum absolute atomic E-state index is 0.0786. The van der Waals surface area contributed by atoms with E-state index in [0.717, 1.165) is 6.07 Å². The first-order chi connectivity index (χ1) is 20.1. The summed E-state index contributed by atoms with van der Waals surface area (Å²) in [5.41, 5.74) is -3.58. The Morgan fingerprint density at radius 1 is 1.19 bits per heavy atom. The van der Waals surface area contributed by atoms with Crippen molar-refractivity contribution in [3.8, 4) is 6.07 Å². The van der Waals surface area contributed by atoms with Crippen molar-refractivity contribution in [3.05, 3.63) is 93.3 Å². The molecule has 1 saturated carbocycles. The molecular weight excluding hydrogens is 570 g/mol. The van der Waals surface area contributed by atoms with Crippen molar-refractivity contribution in [2.45, 2.75) is 61.9 Å². The van der Waals surface area contributed by atoms with Crippen molar-refractivity contribution in [1.29, 1.82) is 5.26 Å². The fourth-order valence-electron chi connectivity index (χ4n) is 5.87. The van der Waals surface area contributed by atoms with Gasteiger partial charge in [-0.3, -0.25) is 9.69 Å². The summed E-state index contributed by atoms with van der Waals surface area (Å²) in [4.78, 5) is 23.9. The molecule has 2 aromatic carbocycles. The van der Waals surface area contributed by atoms with Crippen LogP contribution in [0.15, 0.2) is 48.8 Å². The number of halogens is 3. The first kappa shape index (κ1) is 28.6. The highest BCUT2D eigenvalue weighted by Crippen LogP contribution is 2.51. The summed E-state index contributed by atoms with van der Waals surface area (Å²) in [7, 11) is 0. The van der Waals surface area contributed by atoms with Crippen LogP contribution in [0.3, 0.4) is 0 Å². The van der Waals surface area contributed by atoms with Gasteiger partial charge in [0.2, 0.25) is 5.72 Å². The Morgan fingerprint density at radius 3 is 2.48 bits per heavy atom. The number of aliphatic hydroxyl groups is 2. The molecule has 6 rings (SSSR count). The Bertz CT molecular complexity index is 1540. The predicted octanol–water partition coefficient (Wildman–Crippen LogP) is 4.09. The van der Waals surface area contributed by atoms with Crippen molar-refractivity contribution in [1.82, 2.24) is 14.9 Å². The van der Waals surface area contributed by atoms with Gasteiger partial charge in [-0.1, -0.05) is 23.7 Å². The number of aromatic nitrogens is 2. The maximum atomic E-state index is 16.4. The van der Waals surface area contributed by atoms with Gasteiger partial charge < -0.3 is 19.7 Å². The molecule has 9 nitrogen and oxygen atoms in total. The maximum Gasteiger partial charge on any atom is 0.257 e. The monoisotopic (exact) mass is 596 g/mol. The summed E-state index contributed by atoms with van der Waals surface area (Å²) >= 11 is 6.18. The van der Waals surface area contributed by atoms with Crippen LogP contribution in [0.1, 0.15) is 70.2 Å². The lowest BCUT2D eigenvalue weighted by molar-refractivity contribution is -0.191. The molecule has 2 N–H and O–H groups in total. The number of amides is 1. The van der Waals surface area contributed by atoms with Gasteiger partial charge in [-0.15, -0.1) is 0 Å². The Labute approximate surface area is 245 Å². The SMILES string of the molecule is N#Cc1cnc(CN2C(=O)c3cc([C@@H](O)C4(F)CCOCC4)cc(F)c3[C@]2(O[C@H]2C[C@@H](O)C2)c2ccc(Cl)cc2)nc1. The fourth-order valence-corrected chi connectivity index (χ4v) is 5.99. The van der Waals surface area contributed by atoms with Crippen LogP contribution in [-0.2, 0) is 21.7 Å². The highest BCUT2D eigenvalue weighted by molar-refractivity contribution is 6.30. The highest BCUT2D eigenvalue weighted by Gasteiger charge is 2.57. The van der Waals surface area contributed by atoms with Gasteiger partial charge in [0.1, 0.15) is 29.5 Å². The number of carbonyl (C=O) groups is 1. The molecule has 1 saturated heterocycles. The van der Waals surface area contributed by atoms with E-state index in [-0.39, 0.29) is 73.5 Å². The molecule has 2 fully saturated rings. The number of rotatable bonds is 7. The molecule has 1 aliphatic carbocycles. The van der Waals surface area contributed by atoms with Crippen LogP contribution >= 0.6 is 11.6 Å². The minimum atomic E-state index is -2.05. The van der Waals surface area contributed by atoms with E-state index in [1.54, 1.807) is 24.3 Å². The third-order valence-electron chi connectivity index (χ3n) is 8.21. The van der Waals surface area contributed by atoms with Gasteiger partial charge in [0.15, 0.2) is 0 Å². The van der Waals surface area contributed by atoms with Crippen LogP contribution in [0.25, 0.3) is 0 Å². The number of aliphatic hydroxyl groups excluding tert-OH is 2. The number of fused-ring (bicyclic) bond motifs is 1. The predicted molar refractivity (Wildman–Crippen MR) is 144 cm³/mol. The minimum Gasteiger partial charge on any atom is -0.393 e. The number of alkyl halides is 1. The molecule has 218 valence electrons. The maximum absolute atomic E-state index is 16.4. The molecule has 3 aromatic rings. The lowest BCUT2D eigenvalue weighted by atomic mass is 9.84. The van der Waals surface area contributed by atoms with E-state index in [9.17, 15) is 15.0 Å². The van der Waals surface area contributed by atoms with E-state index in [4.69, 9.17) is 26.3 Å². The second-order valence-corrected chi connectivity index (χ2v) is 11.3. The average molecular weight is 597 g/mol. The summed E-state index contributed by atoms with van der Waals surface area (Å²) in [5, 5.41) is 30.6. The quantitative estimate of drug-likeness (QED) is 0.417. The van der Waals surface area contributed by atoms with E-state index >= 15 is 8.78 Å². The molecule has 12 heteroatoms. The van der Waals surface area contributed by atoms with Crippen molar-refractivity contribution in [3.63, 3.8) is 0 Å². The summed E-state index contributed by atoms with van der Waals surface area (Å²) in [6, 6.07) is 10.7. The van der Waals surface area contributed by atoms with Crippen LogP contribution < -0.4 is 0 Å². The van der Waals surface area contributed by atoms with Gasteiger partial charge in [0.25, 0.3) is 5.91 Å². The molecule has 0 bridgehead atoms. The second-order valence-electron chi connectivity index (χ2n) is 10.9. The smallest absolute Gasteiger partial charge is 0.257 e. The molecule has 1 amide bonds. The van der Waals surface area contributed by atoms with E-state index in [2.05, 4.69) is 9.97 Å². The number of hydrogen-bond acceptors (Lipinski definition) is 8. The van der Waals surface area contributed by atoms with Gasteiger partial charge in [0, 0.05) is 49.0 Å². The van der Waals surface area contributed by atoms with Crippen LogP contribution in [0.5, 0.6) is 0 Å². The van der Waals surface area contributed by atoms with Crippen LogP contribution in [0.2, 0.25) is 5.02 Å². The topological polar surface area (TPSA) is 129 Å². The molecule has 2 aliphatic heterocycles. The molecule has 0 spiro atoms. The normalized spacial score (nSPS) is 25.4. The lowest BCUT2D eigenvalue weighted by Gasteiger charge is -2.45. The van der Waals surface area contributed by atoms with Gasteiger partial charge in [0.05, 0.1) is 35.4 Å². The van der Waals surface area contributed by atoms with Gasteiger partial charge in [-0.05, 0) is 42.7 Å². The van der Waals surface area contributed by atoms with Crippen molar-refractivity contribution >= 4 is 17.5 Å². The molecule has 3 aliphatic rings. The van der Waals surface area contributed by atoms with E-state index < -0.39 is 41.4 Å². The Kier molecular flexibility index (Phi) is 7.45. The third-order valence-corrected chi connectivity index (χ3v) is 8.47. The van der Waals surface area contributed by atoms with Crippen molar-refractivity contribution < 1.29 is 33.3 Å². The largest absolute Gasteiger partial charge is 0.393 e. The highest BCUT2D eigenvalue weighted by atomic mass is 35.5. The molecule has 2 atom stereocenters. The summed E-state index contributed by atoms with van der Waals surface area (Å²) in [6.45, 7) is -0.0169. The van der Waals surface area contributed by atoms with E-state index in [0.29, 0.717) is 10.6 Å². The Balaban J connectivity index is 1.52. The number of nitrogens with zero attached hydrogens (tertiary/aromatic N) is 4. The average Bonchev–Trinajstić information content (AvgIpc) is 3.21. The van der Waals surface area contributed by atoms with Crippen molar-refractivity contribution in [2.24, 2.45) is 0 Å². The molecule has 0 unspecified atom stereocenters. The Hall–Kier alpha value is -3.53. The molecule has 3 heterocycles. The third kappa shape index (κ3) is 4.83. The zero-order chi connectivity index (χ0) is 29.6. The fraction of sp³-hybridized carbons (Fsp3) is 0.400. The van der Waals surface area contributed by atoms with Gasteiger partial charge >= 0.3 is 0 Å². The molecular formula is C30H27ClF2N4O5. The molecule has 0 radical (unpaired) electrons. The number of ether oxygens (including phenoxy) is 2. The number of benzene rings is 2. The van der Waals surface area contributed by atoms with Crippen LogP contribution in [-0.4, -0.2) is 62.1 Å². The second kappa shape index (κ2) is 10.9. The zero-order valence-electron chi connectivity index (χ0n) is 22.3. The van der Waals surface area contributed by atoms with E-state index in [1.807, 2.05) is 6.07 Å². The van der Waals surface area contributed by atoms with Gasteiger partial charge in [-0.2, -0.15) is 5.26 Å². The lowest BCUT2D eigenvalue weighted by Crippen LogP contribution is -2.51. The summed E-state index contributed by atoms with van der Waals surface area (Å²) < 4.78 is 44.0. The Morgan fingerprint density at radius 2 is 1.86 bits per heavy atom. The molecule has 1 aromatic heterocycles. The standard InChI is InChI=1S/C30H27ClF2N4O5/c31-20-3-1-19(2-4-20)30(42-22-11-21(38)12-22)26-23(28(40)37(30)16-25-35-14-17(13-34)15-36-25)9-18(10-24(26)32)27(39)29(33)5-7-41-8-6-29/h1-4,9-10,14-15,21-22,27,38-39H,5-8,11-12,16H2/t21-,22+,27-,30-/m1/s1. The molecule has 42 heavy (non-hydrogen) atoms. The van der Waals surface area contributed by atoms with Crippen LogP contribution in [0.4, 0.5) is 8.78 Å². The van der Waals surface area contributed by atoms with E-state index in [1.165, 1.54) is 23.4 Å². The number of hydrogen-bond donors (Lipinski definition) is 2. The first-order valence-corrected chi connectivity index (χ1v) is 14.0. The van der Waals surface area contributed by atoms with Gasteiger partial charge in [-0.25, -0.2) is 18.7 Å². The number of carbonyl (C=O) groups excluding carboxylic acids is 1. The summed E-state index contributed by atoms with van der Waals surface area (Å²) in [5.74, 6) is -1.36. The summed E-state index contributed by atoms with van der Waals surface area (Å²) in [6.07, 6.45) is 0.175.